The second-order valence-electron chi connectivity index (χ2n) is 5.59. The van der Waals surface area contributed by atoms with Gasteiger partial charge in [-0.05, 0) is 0 Å². The van der Waals surface area contributed by atoms with Gasteiger partial charge in [0, 0.05) is 14.1 Å². The van der Waals surface area contributed by atoms with E-state index in [1.807, 2.05) is 0 Å². The third kappa shape index (κ3) is 1.92. The molecule has 3 amide bonds. The number of urea groups is 1. The van der Waals surface area contributed by atoms with E-state index in [2.05, 4.69) is 4.99 Å². The molecule has 6 atom stereocenters. The lowest BCUT2D eigenvalue weighted by Crippen LogP contribution is -2.65. The summed E-state index contributed by atoms with van der Waals surface area (Å²) in [6.45, 7) is -0.458. The number of ether oxygens (including phenoxy) is 1. The van der Waals surface area contributed by atoms with E-state index < -0.39 is 55.3 Å². The maximum Gasteiger partial charge on any atom is 0.328 e. The van der Waals surface area contributed by atoms with Gasteiger partial charge in [-0.1, -0.05) is 0 Å². The van der Waals surface area contributed by atoms with Crippen molar-refractivity contribution in [3.8, 4) is 0 Å². The summed E-state index contributed by atoms with van der Waals surface area (Å²) >= 11 is 0. The molecule has 10 nitrogen and oxygen atoms in total. The lowest BCUT2D eigenvalue weighted by atomic mass is 10.1. The number of aliphatic imine (C=N–C) groups is 1. The van der Waals surface area contributed by atoms with E-state index in [-0.39, 0.29) is 0 Å². The number of carbonyl (C=O) groups is 2. The fourth-order valence-corrected chi connectivity index (χ4v) is 3.01. The van der Waals surface area contributed by atoms with E-state index in [0.29, 0.717) is 0 Å². The molecule has 0 saturated carbocycles. The molecule has 22 heavy (non-hydrogen) atoms. The van der Waals surface area contributed by atoms with Gasteiger partial charge in [0.2, 0.25) is 0 Å². The summed E-state index contributed by atoms with van der Waals surface area (Å²) in [4.78, 5) is 32.1. The molecule has 0 unspecified atom stereocenters. The molecule has 0 aromatic rings. The molecule has 0 aliphatic carbocycles. The normalized spacial score (nSPS) is 41.6. The first kappa shape index (κ1) is 15.2. The van der Waals surface area contributed by atoms with E-state index >= 15 is 0 Å². The minimum atomic E-state index is -1.30. The maximum atomic E-state index is 12.4. The average Bonchev–Trinajstić information content (AvgIpc) is 3.06. The number of likely N-dealkylation sites (N-methyl/N-ethyl adjacent to an activating group) is 2. The Labute approximate surface area is 126 Å². The number of hydrogen-bond donors (Lipinski definition) is 3. The molecular weight excluding hydrogens is 296 g/mol. The minimum absolute atomic E-state index is 0.458. The SMILES string of the molecule is CN1C(=O)[C@@H]2[C@H](N=CN2[C@@H]2O[C@H](CO)[C@@H](O)[C@H]2O)N(C)C1=O. The Hall–Kier alpha value is -1.75. The van der Waals surface area contributed by atoms with Crippen molar-refractivity contribution in [2.75, 3.05) is 20.7 Å². The molecule has 3 aliphatic rings. The van der Waals surface area contributed by atoms with Gasteiger partial charge in [-0.3, -0.25) is 9.69 Å². The van der Waals surface area contributed by atoms with Crippen LogP contribution in [0.4, 0.5) is 4.79 Å². The Morgan fingerprint density at radius 3 is 2.55 bits per heavy atom. The molecule has 3 heterocycles. The summed E-state index contributed by atoms with van der Waals surface area (Å²) < 4.78 is 5.42. The first-order valence-corrected chi connectivity index (χ1v) is 6.86. The first-order chi connectivity index (χ1) is 10.4. The molecule has 0 aromatic heterocycles. The Bertz CT molecular complexity index is 528. The fraction of sp³-hybridized carbons (Fsp3) is 0.750. The zero-order valence-corrected chi connectivity index (χ0v) is 12.1. The van der Waals surface area contributed by atoms with Gasteiger partial charge in [0.15, 0.2) is 18.4 Å². The van der Waals surface area contributed by atoms with E-state index in [1.54, 1.807) is 0 Å². The zero-order valence-electron chi connectivity index (χ0n) is 12.1. The summed E-state index contributed by atoms with van der Waals surface area (Å²) in [6.07, 6.45) is -3.91. The topological polar surface area (TPSA) is 126 Å². The van der Waals surface area contributed by atoms with Gasteiger partial charge in [0.05, 0.1) is 12.9 Å². The predicted octanol–water partition coefficient (Wildman–Crippen LogP) is -3.01. The number of hydrogen-bond acceptors (Lipinski definition) is 8. The highest BCUT2D eigenvalue weighted by molar-refractivity contribution is 6.01. The van der Waals surface area contributed by atoms with E-state index in [4.69, 9.17) is 9.84 Å². The molecule has 0 aromatic carbocycles. The molecule has 2 saturated heterocycles. The third-order valence-corrected chi connectivity index (χ3v) is 4.34. The van der Waals surface area contributed by atoms with Crippen molar-refractivity contribution < 1.29 is 29.6 Å². The molecule has 0 radical (unpaired) electrons. The summed E-state index contributed by atoms with van der Waals surface area (Å²) in [5, 5.41) is 29.1. The second kappa shape index (κ2) is 5.16. The van der Waals surface area contributed by atoms with Crippen LogP contribution < -0.4 is 0 Å². The monoisotopic (exact) mass is 314 g/mol. The van der Waals surface area contributed by atoms with Crippen molar-refractivity contribution in [1.82, 2.24) is 14.7 Å². The molecule has 3 aliphatic heterocycles. The van der Waals surface area contributed by atoms with E-state index in [9.17, 15) is 19.8 Å². The van der Waals surface area contributed by atoms with Crippen LogP contribution in [0.1, 0.15) is 0 Å². The molecule has 0 spiro atoms. The Morgan fingerprint density at radius 1 is 1.27 bits per heavy atom. The molecule has 10 heteroatoms. The number of imide groups is 1. The van der Waals surface area contributed by atoms with Crippen LogP contribution in [0, 0.1) is 0 Å². The Balaban J connectivity index is 1.87. The number of aliphatic hydroxyl groups excluding tert-OH is 3. The summed E-state index contributed by atoms with van der Waals surface area (Å²) in [7, 11) is 2.90. The molecular formula is C12H18N4O6. The molecule has 3 rings (SSSR count). The highest BCUT2D eigenvalue weighted by atomic mass is 16.6. The number of rotatable bonds is 2. The van der Waals surface area contributed by atoms with E-state index in [0.717, 1.165) is 4.90 Å². The lowest BCUT2D eigenvalue weighted by molar-refractivity contribution is -0.144. The van der Waals surface area contributed by atoms with Gasteiger partial charge in [-0.25, -0.2) is 9.79 Å². The van der Waals surface area contributed by atoms with Crippen molar-refractivity contribution in [3.05, 3.63) is 0 Å². The number of amides is 3. The van der Waals surface area contributed by atoms with Gasteiger partial charge in [-0.15, -0.1) is 0 Å². The van der Waals surface area contributed by atoms with Crippen molar-refractivity contribution in [3.63, 3.8) is 0 Å². The number of fused-ring (bicyclic) bond motifs is 1. The van der Waals surface area contributed by atoms with Crippen LogP contribution in [0.25, 0.3) is 0 Å². The van der Waals surface area contributed by atoms with Crippen LogP contribution in [0.5, 0.6) is 0 Å². The third-order valence-electron chi connectivity index (χ3n) is 4.34. The van der Waals surface area contributed by atoms with Crippen LogP contribution in [0.15, 0.2) is 4.99 Å². The summed E-state index contributed by atoms with van der Waals surface area (Å²) in [5.41, 5.74) is 0. The Morgan fingerprint density at radius 2 is 1.95 bits per heavy atom. The van der Waals surface area contributed by atoms with Crippen molar-refractivity contribution in [2.24, 2.45) is 4.99 Å². The van der Waals surface area contributed by atoms with Gasteiger partial charge >= 0.3 is 6.03 Å². The first-order valence-electron chi connectivity index (χ1n) is 6.86. The molecule has 122 valence electrons. The molecule has 2 fully saturated rings. The van der Waals surface area contributed by atoms with Gasteiger partial charge < -0.3 is 29.9 Å². The smallest absolute Gasteiger partial charge is 0.328 e. The average molecular weight is 314 g/mol. The van der Waals surface area contributed by atoms with E-state index in [1.165, 1.54) is 30.2 Å². The van der Waals surface area contributed by atoms with Gasteiger partial charge in [0.1, 0.15) is 18.3 Å². The van der Waals surface area contributed by atoms with Crippen LogP contribution >= 0.6 is 0 Å². The number of aliphatic hydroxyl groups is 3. The minimum Gasteiger partial charge on any atom is -0.394 e. The van der Waals surface area contributed by atoms with Crippen LogP contribution in [0.3, 0.4) is 0 Å². The lowest BCUT2D eigenvalue weighted by Gasteiger charge is -2.41. The van der Waals surface area contributed by atoms with Gasteiger partial charge in [0.25, 0.3) is 5.91 Å². The quantitative estimate of drug-likeness (QED) is 0.495. The standard InChI is InChI=1S/C12H18N4O6/c1-14-9-6(10(20)15(2)12(14)21)16(4-13-9)11-8(19)7(18)5(3-17)22-11/h4-9,11,17-19H,3H2,1-2H3/t5-,6+,7-,8-,9-,11-/m1/s1. The zero-order chi connectivity index (χ0) is 16.2. The fourth-order valence-electron chi connectivity index (χ4n) is 3.01. The highest BCUT2D eigenvalue weighted by Gasteiger charge is 2.54. The largest absolute Gasteiger partial charge is 0.394 e. The van der Waals surface area contributed by atoms with Crippen LogP contribution in [-0.4, -0.2) is 106 Å². The van der Waals surface area contributed by atoms with Gasteiger partial charge in [-0.2, -0.15) is 0 Å². The summed E-state index contributed by atoms with van der Waals surface area (Å²) in [5.74, 6) is -0.469. The maximum absolute atomic E-state index is 12.4. The second-order valence-corrected chi connectivity index (χ2v) is 5.59. The number of nitrogens with zero attached hydrogens (tertiary/aromatic N) is 4. The predicted molar refractivity (Wildman–Crippen MR) is 71.6 cm³/mol. The highest BCUT2D eigenvalue weighted by Crippen LogP contribution is 2.31. The molecule has 3 N–H and O–H groups in total. The summed E-state index contributed by atoms with van der Waals surface area (Å²) in [6, 6.07) is -1.30. The number of carbonyl (C=O) groups excluding carboxylic acids is 2. The van der Waals surface area contributed by atoms with Crippen molar-refractivity contribution in [2.45, 2.75) is 36.7 Å². The molecule has 0 bridgehead atoms. The van der Waals surface area contributed by atoms with Crippen LogP contribution in [-0.2, 0) is 9.53 Å². The van der Waals surface area contributed by atoms with Crippen molar-refractivity contribution >= 4 is 18.3 Å². The van der Waals surface area contributed by atoms with Crippen molar-refractivity contribution in [1.29, 1.82) is 0 Å². The Kier molecular flexibility index (Phi) is 3.56. The van der Waals surface area contributed by atoms with Crippen LogP contribution in [0.2, 0.25) is 0 Å².